The Morgan fingerprint density at radius 3 is 2.61 bits per heavy atom. The second kappa shape index (κ2) is 11.6. The normalized spacial score (nSPS) is 11.1. The zero-order chi connectivity index (χ0) is 15.6. The van der Waals surface area contributed by atoms with Crippen LogP contribution in [-0.4, -0.2) is 31.6 Å². The summed E-state index contributed by atoms with van der Waals surface area (Å²) in [6.45, 7) is 1.75. The summed E-state index contributed by atoms with van der Waals surface area (Å²) in [7, 11) is 1.82. The Bertz CT molecular complexity index is 611. The fraction of sp³-hybridized carbons (Fsp3) is 0.389. The summed E-state index contributed by atoms with van der Waals surface area (Å²) in [5.74, 6) is 2.10. The van der Waals surface area contributed by atoms with Crippen molar-refractivity contribution >= 4 is 52.5 Å². The summed E-state index contributed by atoms with van der Waals surface area (Å²) in [4.78, 5) is 4.29. The number of hydrogen-bond acceptors (Lipinski definition) is 2. The Balaban J connectivity index is 0.00000264. The minimum absolute atomic E-state index is 0. The first-order chi connectivity index (χ1) is 10.8. The lowest BCUT2D eigenvalue weighted by atomic mass is 10.0. The van der Waals surface area contributed by atoms with Gasteiger partial charge in [0.2, 0.25) is 0 Å². The van der Waals surface area contributed by atoms with E-state index in [9.17, 15) is 0 Å². The number of thioether (sulfide) groups is 1. The first-order valence-corrected chi connectivity index (χ1v) is 9.14. The van der Waals surface area contributed by atoms with Crippen molar-refractivity contribution in [2.45, 2.75) is 19.4 Å². The molecule has 0 saturated heterocycles. The number of hydrogen-bond donors (Lipinski definition) is 2. The maximum absolute atomic E-state index is 4.29. The predicted octanol–water partition coefficient (Wildman–Crippen LogP) is 4.27. The van der Waals surface area contributed by atoms with Gasteiger partial charge in [0, 0.05) is 20.1 Å². The second-order valence-electron chi connectivity index (χ2n) is 5.19. The van der Waals surface area contributed by atoms with Crippen molar-refractivity contribution in [1.82, 2.24) is 10.6 Å². The van der Waals surface area contributed by atoms with Crippen LogP contribution in [0.2, 0.25) is 0 Å². The topological polar surface area (TPSA) is 36.4 Å². The van der Waals surface area contributed by atoms with Gasteiger partial charge >= 0.3 is 0 Å². The van der Waals surface area contributed by atoms with E-state index in [1.807, 2.05) is 18.8 Å². The molecule has 0 aliphatic rings. The summed E-state index contributed by atoms with van der Waals surface area (Å²) < 4.78 is 0. The number of guanidine groups is 1. The number of nitrogens with zero attached hydrogens (tertiary/aromatic N) is 1. The standard InChI is InChI=1S/C18H25N3S.HI/c1-19-18(20-12-5-6-13-22-2)21-14-16-10-7-9-15-8-3-4-11-17(15)16;/h3-4,7-11H,5-6,12-14H2,1-2H3,(H2,19,20,21);1H. The van der Waals surface area contributed by atoms with Crippen molar-refractivity contribution in [3.05, 3.63) is 48.0 Å². The molecular weight excluding hydrogens is 417 g/mol. The number of rotatable bonds is 7. The average Bonchev–Trinajstić information content (AvgIpc) is 2.57. The quantitative estimate of drug-likeness (QED) is 0.291. The molecule has 2 aromatic carbocycles. The fourth-order valence-corrected chi connectivity index (χ4v) is 2.92. The zero-order valence-electron chi connectivity index (χ0n) is 13.8. The van der Waals surface area contributed by atoms with Gasteiger partial charge in [0.05, 0.1) is 0 Å². The average molecular weight is 443 g/mol. The van der Waals surface area contributed by atoms with Gasteiger partial charge in [0.15, 0.2) is 5.96 Å². The van der Waals surface area contributed by atoms with Crippen molar-refractivity contribution < 1.29 is 0 Å². The number of fused-ring (bicyclic) bond motifs is 1. The molecule has 0 heterocycles. The molecule has 0 aromatic heterocycles. The number of nitrogens with one attached hydrogen (secondary N) is 2. The van der Waals surface area contributed by atoms with Gasteiger partial charge in [0.25, 0.3) is 0 Å². The van der Waals surface area contributed by atoms with Crippen LogP contribution in [0.3, 0.4) is 0 Å². The molecule has 2 aromatic rings. The molecule has 3 nitrogen and oxygen atoms in total. The van der Waals surface area contributed by atoms with Gasteiger partial charge in [-0.25, -0.2) is 0 Å². The number of aliphatic imine (C=N–C) groups is 1. The largest absolute Gasteiger partial charge is 0.356 e. The van der Waals surface area contributed by atoms with Crippen LogP contribution < -0.4 is 10.6 Å². The molecule has 2 rings (SSSR count). The number of benzene rings is 2. The third-order valence-corrected chi connectivity index (χ3v) is 4.31. The van der Waals surface area contributed by atoms with E-state index >= 15 is 0 Å². The summed E-state index contributed by atoms with van der Waals surface area (Å²) in [6.07, 6.45) is 4.57. The first kappa shape index (κ1) is 20.1. The van der Waals surface area contributed by atoms with Crippen molar-refractivity contribution in [2.75, 3.05) is 25.6 Å². The molecule has 0 aliphatic heterocycles. The Labute approximate surface area is 160 Å². The maximum Gasteiger partial charge on any atom is 0.191 e. The molecule has 5 heteroatoms. The highest BCUT2D eigenvalue weighted by atomic mass is 127. The molecule has 0 fully saturated rings. The summed E-state index contributed by atoms with van der Waals surface area (Å²) in [5.41, 5.74) is 1.29. The number of unbranched alkanes of at least 4 members (excludes halogenated alkanes) is 1. The van der Waals surface area contributed by atoms with E-state index in [1.165, 1.54) is 34.9 Å². The molecule has 0 aliphatic carbocycles. The number of halogens is 1. The summed E-state index contributed by atoms with van der Waals surface area (Å²) >= 11 is 1.90. The van der Waals surface area contributed by atoms with Crippen LogP contribution in [0.15, 0.2) is 47.5 Å². The lowest BCUT2D eigenvalue weighted by Gasteiger charge is -2.13. The molecule has 0 amide bonds. The van der Waals surface area contributed by atoms with Crippen molar-refractivity contribution in [3.63, 3.8) is 0 Å². The smallest absolute Gasteiger partial charge is 0.191 e. The van der Waals surface area contributed by atoms with Gasteiger partial charge in [-0.1, -0.05) is 42.5 Å². The Morgan fingerprint density at radius 1 is 1.04 bits per heavy atom. The zero-order valence-corrected chi connectivity index (χ0v) is 17.0. The molecule has 2 N–H and O–H groups in total. The van der Waals surface area contributed by atoms with Gasteiger partial charge in [0.1, 0.15) is 0 Å². The van der Waals surface area contributed by atoms with E-state index in [0.29, 0.717) is 0 Å². The SMILES string of the molecule is CN=C(NCCCCSC)NCc1cccc2ccccc12.I. The molecule has 0 unspecified atom stereocenters. The molecular formula is C18H26IN3S. The van der Waals surface area contributed by atoms with Gasteiger partial charge < -0.3 is 10.6 Å². The molecule has 0 saturated carbocycles. The molecule has 23 heavy (non-hydrogen) atoms. The van der Waals surface area contributed by atoms with Gasteiger partial charge in [-0.15, -0.1) is 24.0 Å². The van der Waals surface area contributed by atoms with Crippen molar-refractivity contribution in [3.8, 4) is 0 Å². The lowest BCUT2D eigenvalue weighted by Crippen LogP contribution is -2.37. The van der Waals surface area contributed by atoms with Gasteiger partial charge in [-0.05, 0) is 41.2 Å². The van der Waals surface area contributed by atoms with Crippen LogP contribution in [0.25, 0.3) is 10.8 Å². The predicted molar refractivity (Wildman–Crippen MR) is 115 cm³/mol. The Hall–Kier alpha value is -0.950. The van der Waals surface area contributed by atoms with Crippen LogP contribution >= 0.6 is 35.7 Å². The Morgan fingerprint density at radius 2 is 1.83 bits per heavy atom. The van der Waals surface area contributed by atoms with Crippen LogP contribution in [0.4, 0.5) is 0 Å². The third-order valence-electron chi connectivity index (χ3n) is 3.62. The summed E-state index contributed by atoms with van der Waals surface area (Å²) in [6, 6.07) is 14.9. The summed E-state index contributed by atoms with van der Waals surface area (Å²) in [5, 5.41) is 9.36. The van der Waals surface area contributed by atoms with E-state index in [0.717, 1.165) is 19.0 Å². The molecule has 0 bridgehead atoms. The van der Waals surface area contributed by atoms with Crippen LogP contribution in [0.5, 0.6) is 0 Å². The highest BCUT2D eigenvalue weighted by molar-refractivity contribution is 14.0. The first-order valence-electron chi connectivity index (χ1n) is 7.75. The molecule has 0 radical (unpaired) electrons. The van der Waals surface area contributed by atoms with Crippen LogP contribution in [0, 0.1) is 0 Å². The van der Waals surface area contributed by atoms with Gasteiger partial charge in [-0.2, -0.15) is 11.8 Å². The monoisotopic (exact) mass is 443 g/mol. The third kappa shape index (κ3) is 6.59. The van der Waals surface area contributed by atoms with Crippen molar-refractivity contribution in [1.29, 1.82) is 0 Å². The Kier molecular flexibility index (Phi) is 10.1. The molecule has 0 spiro atoms. The van der Waals surface area contributed by atoms with Crippen molar-refractivity contribution in [2.24, 2.45) is 4.99 Å². The minimum atomic E-state index is 0. The minimum Gasteiger partial charge on any atom is -0.356 e. The highest BCUT2D eigenvalue weighted by Crippen LogP contribution is 2.18. The second-order valence-corrected chi connectivity index (χ2v) is 6.18. The van der Waals surface area contributed by atoms with E-state index in [2.05, 4.69) is 64.3 Å². The molecule has 126 valence electrons. The van der Waals surface area contributed by atoms with Crippen LogP contribution in [-0.2, 0) is 6.54 Å². The lowest BCUT2D eigenvalue weighted by molar-refractivity contribution is 0.733. The van der Waals surface area contributed by atoms with Crippen LogP contribution in [0.1, 0.15) is 18.4 Å². The van der Waals surface area contributed by atoms with E-state index in [-0.39, 0.29) is 24.0 Å². The van der Waals surface area contributed by atoms with E-state index < -0.39 is 0 Å². The molecule has 0 atom stereocenters. The van der Waals surface area contributed by atoms with E-state index in [1.54, 1.807) is 0 Å². The maximum atomic E-state index is 4.29. The highest BCUT2D eigenvalue weighted by Gasteiger charge is 2.02. The van der Waals surface area contributed by atoms with E-state index in [4.69, 9.17) is 0 Å². The van der Waals surface area contributed by atoms with Gasteiger partial charge in [-0.3, -0.25) is 4.99 Å². The fourth-order valence-electron chi connectivity index (χ4n) is 2.42.